The molecule has 1 fully saturated rings. The summed E-state index contributed by atoms with van der Waals surface area (Å²) >= 11 is 0. The van der Waals surface area contributed by atoms with Crippen LogP contribution in [0.25, 0.3) is 0 Å². The van der Waals surface area contributed by atoms with E-state index in [1.54, 1.807) is 0 Å². The zero-order chi connectivity index (χ0) is 13.5. The second-order valence-corrected chi connectivity index (χ2v) is 4.74. The van der Waals surface area contributed by atoms with Gasteiger partial charge >= 0.3 is 5.97 Å². The molecular formula is C13H21NO4. The van der Waals surface area contributed by atoms with E-state index in [1.165, 1.54) is 4.90 Å². The highest BCUT2D eigenvalue weighted by molar-refractivity contribution is 5.97. The minimum atomic E-state index is -1.00. The fraction of sp³-hybridized carbons (Fsp3) is 0.769. The Morgan fingerprint density at radius 1 is 1.33 bits per heavy atom. The fourth-order valence-electron chi connectivity index (χ4n) is 2.32. The van der Waals surface area contributed by atoms with E-state index in [0.29, 0.717) is 6.42 Å². The quantitative estimate of drug-likeness (QED) is 0.705. The summed E-state index contributed by atoms with van der Waals surface area (Å²) in [5.74, 6) is -1.48. The van der Waals surface area contributed by atoms with Crippen molar-refractivity contribution in [2.24, 2.45) is 0 Å². The average Bonchev–Trinajstić information content (AvgIpc) is 2.68. The van der Waals surface area contributed by atoms with Crippen molar-refractivity contribution in [3.8, 4) is 0 Å². The Hall–Kier alpha value is -1.39. The first-order valence-corrected chi connectivity index (χ1v) is 6.63. The van der Waals surface area contributed by atoms with Gasteiger partial charge < -0.3 is 5.11 Å². The zero-order valence-electron chi connectivity index (χ0n) is 10.9. The molecule has 0 aromatic carbocycles. The first-order chi connectivity index (χ1) is 8.56. The molecule has 0 aromatic heterocycles. The molecular weight excluding hydrogens is 234 g/mol. The highest BCUT2D eigenvalue weighted by Crippen LogP contribution is 2.24. The SMILES string of the molecule is CCCCCC1CCC(=O)N1C(=O)CCC(=O)O. The molecule has 1 saturated heterocycles. The Morgan fingerprint density at radius 2 is 2.06 bits per heavy atom. The highest BCUT2D eigenvalue weighted by Gasteiger charge is 2.34. The Morgan fingerprint density at radius 3 is 2.67 bits per heavy atom. The molecule has 0 spiro atoms. The van der Waals surface area contributed by atoms with Gasteiger partial charge in [0.15, 0.2) is 0 Å². The molecule has 1 atom stereocenters. The standard InChI is InChI=1S/C13H21NO4/c1-2-3-4-5-10-6-7-11(15)14(10)12(16)8-9-13(17)18/h10H,2-9H2,1H3,(H,17,18). The third-order valence-corrected chi connectivity index (χ3v) is 3.29. The van der Waals surface area contributed by atoms with Crippen molar-refractivity contribution in [2.45, 2.75) is 64.3 Å². The summed E-state index contributed by atoms with van der Waals surface area (Å²) in [7, 11) is 0. The molecule has 2 amide bonds. The number of hydrogen-bond donors (Lipinski definition) is 1. The van der Waals surface area contributed by atoms with Gasteiger partial charge in [-0.15, -0.1) is 0 Å². The number of likely N-dealkylation sites (tertiary alicyclic amines) is 1. The van der Waals surface area contributed by atoms with Crippen molar-refractivity contribution in [2.75, 3.05) is 0 Å². The molecule has 0 aromatic rings. The lowest BCUT2D eigenvalue weighted by molar-refractivity contribution is -0.147. The number of imide groups is 1. The van der Waals surface area contributed by atoms with E-state index in [1.807, 2.05) is 0 Å². The van der Waals surface area contributed by atoms with Gasteiger partial charge in [0.1, 0.15) is 0 Å². The maximum Gasteiger partial charge on any atom is 0.303 e. The average molecular weight is 255 g/mol. The van der Waals surface area contributed by atoms with Gasteiger partial charge in [-0.05, 0) is 12.8 Å². The maximum atomic E-state index is 11.8. The van der Waals surface area contributed by atoms with Crippen molar-refractivity contribution in [1.29, 1.82) is 0 Å². The maximum absolute atomic E-state index is 11.8. The normalized spacial score (nSPS) is 19.3. The molecule has 0 saturated carbocycles. The first-order valence-electron chi connectivity index (χ1n) is 6.63. The summed E-state index contributed by atoms with van der Waals surface area (Å²) in [6, 6.07) is -0.00894. The zero-order valence-corrected chi connectivity index (χ0v) is 10.9. The summed E-state index contributed by atoms with van der Waals surface area (Å²) in [5, 5.41) is 8.55. The smallest absolute Gasteiger partial charge is 0.303 e. The summed E-state index contributed by atoms with van der Waals surface area (Å²) in [6.07, 6.45) is 4.91. The fourth-order valence-corrected chi connectivity index (χ4v) is 2.32. The van der Waals surface area contributed by atoms with Gasteiger partial charge in [0, 0.05) is 18.9 Å². The highest BCUT2D eigenvalue weighted by atomic mass is 16.4. The molecule has 0 aliphatic carbocycles. The van der Waals surface area contributed by atoms with Gasteiger partial charge in [-0.25, -0.2) is 0 Å². The monoisotopic (exact) mass is 255 g/mol. The number of carboxylic acid groups (broad SMARTS) is 1. The summed E-state index contributed by atoms with van der Waals surface area (Å²) in [4.78, 5) is 35.2. The van der Waals surface area contributed by atoms with E-state index in [4.69, 9.17) is 5.11 Å². The van der Waals surface area contributed by atoms with Crippen LogP contribution in [0, 0.1) is 0 Å². The van der Waals surface area contributed by atoms with Gasteiger partial charge in [0.2, 0.25) is 11.8 Å². The number of carbonyl (C=O) groups is 3. The molecule has 5 nitrogen and oxygen atoms in total. The minimum Gasteiger partial charge on any atom is -0.481 e. The molecule has 18 heavy (non-hydrogen) atoms. The van der Waals surface area contributed by atoms with Gasteiger partial charge in [-0.2, -0.15) is 0 Å². The number of unbranched alkanes of at least 4 members (excludes halogenated alkanes) is 2. The topological polar surface area (TPSA) is 74.7 Å². The lowest BCUT2D eigenvalue weighted by atomic mass is 10.1. The summed E-state index contributed by atoms with van der Waals surface area (Å²) in [6.45, 7) is 2.11. The van der Waals surface area contributed by atoms with Crippen LogP contribution in [0.15, 0.2) is 0 Å². The van der Waals surface area contributed by atoms with Crippen molar-refractivity contribution < 1.29 is 19.5 Å². The molecule has 1 N–H and O–H groups in total. The lowest BCUT2D eigenvalue weighted by Gasteiger charge is -2.22. The minimum absolute atomic E-state index is 0.00894. The van der Waals surface area contributed by atoms with Crippen LogP contribution in [0.1, 0.15) is 58.3 Å². The molecule has 102 valence electrons. The number of aliphatic carboxylic acids is 1. The molecule has 1 heterocycles. The Balaban J connectivity index is 2.50. The van der Waals surface area contributed by atoms with E-state index in [0.717, 1.165) is 32.1 Å². The second kappa shape index (κ2) is 7.13. The lowest BCUT2D eigenvalue weighted by Crippen LogP contribution is -2.38. The van der Waals surface area contributed by atoms with Gasteiger partial charge in [-0.1, -0.05) is 26.2 Å². The van der Waals surface area contributed by atoms with E-state index < -0.39 is 5.97 Å². The molecule has 1 rings (SSSR count). The van der Waals surface area contributed by atoms with Crippen LogP contribution >= 0.6 is 0 Å². The van der Waals surface area contributed by atoms with Crippen molar-refractivity contribution in [1.82, 2.24) is 4.90 Å². The number of rotatable bonds is 7. The number of hydrogen-bond acceptors (Lipinski definition) is 3. The summed E-state index contributed by atoms with van der Waals surface area (Å²) < 4.78 is 0. The van der Waals surface area contributed by atoms with Crippen molar-refractivity contribution in [3.63, 3.8) is 0 Å². The van der Waals surface area contributed by atoms with Gasteiger partial charge in [0.05, 0.1) is 6.42 Å². The molecule has 1 unspecified atom stereocenters. The van der Waals surface area contributed by atoms with Crippen LogP contribution in [0.3, 0.4) is 0 Å². The van der Waals surface area contributed by atoms with Crippen molar-refractivity contribution in [3.05, 3.63) is 0 Å². The van der Waals surface area contributed by atoms with E-state index in [9.17, 15) is 14.4 Å². The number of nitrogens with zero attached hydrogens (tertiary/aromatic N) is 1. The number of amides is 2. The second-order valence-electron chi connectivity index (χ2n) is 4.74. The van der Waals surface area contributed by atoms with E-state index in [-0.39, 0.29) is 30.7 Å². The third kappa shape index (κ3) is 4.13. The largest absolute Gasteiger partial charge is 0.481 e. The molecule has 1 aliphatic rings. The van der Waals surface area contributed by atoms with Gasteiger partial charge in [-0.3, -0.25) is 19.3 Å². The van der Waals surface area contributed by atoms with Crippen LogP contribution in [0.2, 0.25) is 0 Å². The van der Waals surface area contributed by atoms with E-state index in [2.05, 4.69) is 6.92 Å². The number of carbonyl (C=O) groups excluding carboxylic acids is 2. The molecule has 0 bridgehead atoms. The van der Waals surface area contributed by atoms with Crippen molar-refractivity contribution >= 4 is 17.8 Å². The predicted molar refractivity (Wildman–Crippen MR) is 65.9 cm³/mol. The molecule has 0 radical (unpaired) electrons. The van der Waals surface area contributed by atoms with Gasteiger partial charge in [0.25, 0.3) is 0 Å². The van der Waals surface area contributed by atoms with E-state index >= 15 is 0 Å². The first kappa shape index (κ1) is 14.7. The predicted octanol–water partition coefficient (Wildman–Crippen LogP) is 1.95. The Labute approximate surface area is 107 Å². The van der Waals surface area contributed by atoms with Crippen LogP contribution in [0.5, 0.6) is 0 Å². The molecule has 5 heteroatoms. The number of carboxylic acids is 1. The Kier molecular flexibility index (Phi) is 5.82. The van der Waals surface area contributed by atoms with Crippen LogP contribution < -0.4 is 0 Å². The Bertz CT molecular complexity index is 327. The van der Waals surface area contributed by atoms with Crippen LogP contribution in [0.4, 0.5) is 0 Å². The van der Waals surface area contributed by atoms with Crippen LogP contribution in [-0.2, 0) is 14.4 Å². The third-order valence-electron chi connectivity index (χ3n) is 3.29. The van der Waals surface area contributed by atoms with Crippen LogP contribution in [-0.4, -0.2) is 33.8 Å². The molecule has 1 aliphatic heterocycles. The summed E-state index contributed by atoms with van der Waals surface area (Å²) in [5.41, 5.74) is 0.